The summed E-state index contributed by atoms with van der Waals surface area (Å²) in [5.41, 5.74) is -8.07. The number of nitriles is 3. The normalized spacial score (nSPS) is 12.4. The molecule has 0 spiro atoms. The van der Waals surface area contributed by atoms with Crippen molar-refractivity contribution in [1.29, 1.82) is 15.8 Å². The molecule has 0 N–H and O–H groups in total. The number of rotatable bonds is 2. The number of hydrogen-bond donors (Lipinski definition) is 0. The third-order valence-electron chi connectivity index (χ3n) is 8.45. The molecule has 0 atom stereocenters. The maximum absolute atomic E-state index is 14.6. The molecule has 2 heterocycles. The summed E-state index contributed by atoms with van der Waals surface area (Å²) in [6.07, 6.45) is -16.9. The third-order valence-corrected chi connectivity index (χ3v) is 8.45. The van der Waals surface area contributed by atoms with E-state index in [2.05, 4.69) is 0 Å². The molecule has 0 radical (unpaired) electrons. The number of aromatic nitrogens is 2. The van der Waals surface area contributed by atoms with Crippen molar-refractivity contribution in [2.45, 2.75) is 18.5 Å². The minimum atomic E-state index is -5.67. The van der Waals surface area contributed by atoms with Gasteiger partial charge in [-0.3, -0.25) is 0 Å². The van der Waals surface area contributed by atoms with Gasteiger partial charge < -0.3 is 9.13 Å². The van der Waals surface area contributed by atoms with Gasteiger partial charge in [0.15, 0.2) is 0 Å². The van der Waals surface area contributed by atoms with Crippen LogP contribution >= 0.6 is 0 Å². The molecule has 0 aliphatic carbocycles. The van der Waals surface area contributed by atoms with Crippen LogP contribution in [0.15, 0.2) is 84.9 Å². The van der Waals surface area contributed by atoms with Crippen molar-refractivity contribution in [3.8, 4) is 29.6 Å². The van der Waals surface area contributed by atoms with E-state index in [1.807, 2.05) is 18.2 Å². The first-order chi connectivity index (χ1) is 23.6. The first kappa shape index (κ1) is 32.1. The molecule has 0 saturated carbocycles. The first-order valence-electron chi connectivity index (χ1n) is 14.3. The molecule has 50 heavy (non-hydrogen) atoms. The quantitative estimate of drug-likeness (QED) is 0.170. The maximum atomic E-state index is 14.6. The fourth-order valence-corrected chi connectivity index (χ4v) is 6.56. The van der Waals surface area contributed by atoms with Crippen LogP contribution in [0, 0.1) is 34.0 Å². The van der Waals surface area contributed by atoms with Crippen LogP contribution in [0.4, 0.5) is 39.5 Å². The van der Waals surface area contributed by atoms with Gasteiger partial charge in [0.25, 0.3) is 0 Å². The van der Waals surface area contributed by atoms with Gasteiger partial charge >= 0.3 is 18.5 Å². The van der Waals surface area contributed by atoms with E-state index in [1.54, 1.807) is 24.3 Å². The Balaban J connectivity index is 1.77. The average molecular weight is 688 g/mol. The van der Waals surface area contributed by atoms with E-state index in [0.717, 1.165) is 0 Å². The highest BCUT2D eigenvalue weighted by molar-refractivity contribution is 6.26. The van der Waals surface area contributed by atoms with Gasteiger partial charge in [-0.2, -0.15) is 55.3 Å². The lowest BCUT2D eigenvalue weighted by Gasteiger charge is -2.23. The second-order valence-corrected chi connectivity index (χ2v) is 11.2. The predicted molar refractivity (Wildman–Crippen MR) is 164 cm³/mol. The summed E-state index contributed by atoms with van der Waals surface area (Å²) in [7, 11) is 0. The van der Waals surface area contributed by atoms with Crippen molar-refractivity contribution >= 4 is 43.6 Å². The highest BCUT2D eigenvalue weighted by Gasteiger charge is 2.46. The molecule has 0 fully saturated rings. The fraction of sp³-hybridized carbons (Fsp3) is 0.0833. The molecule has 0 unspecified atom stereocenters. The zero-order valence-corrected chi connectivity index (χ0v) is 24.7. The maximum Gasteiger partial charge on any atom is 0.418 e. The zero-order valence-electron chi connectivity index (χ0n) is 24.7. The van der Waals surface area contributed by atoms with Gasteiger partial charge in [-0.05, 0) is 42.5 Å². The van der Waals surface area contributed by atoms with E-state index in [1.165, 1.54) is 53.1 Å². The molecular weight excluding hydrogens is 673 g/mol. The molecule has 246 valence electrons. The summed E-state index contributed by atoms with van der Waals surface area (Å²) in [5, 5.41) is 31.0. The molecule has 0 bridgehead atoms. The monoisotopic (exact) mass is 687 g/mol. The molecule has 2 aromatic heterocycles. The summed E-state index contributed by atoms with van der Waals surface area (Å²) >= 11 is 0. The van der Waals surface area contributed by atoms with Crippen LogP contribution < -0.4 is 0 Å². The van der Waals surface area contributed by atoms with Crippen molar-refractivity contribution in [3.05, 3.63) is 118 Å². The Hall–Kier alpha value is -6.46. The van der Waals surface area contributed by atoms with Gasteiger partial charge in [-0.25, -0.2) is 0 Å². The number of fused-ring (bicyclic) bond motifs is 7. The second kappa shape index (κ2) is 10.8. The Morgan fingerprint density at radius 2 is 1.00 bits per heavy atom. The summed E-state index contributed by atoms with van der Waals surface area (Å²) in [6.45, 7) is 0. The zero-order chi connectivity index (χ0) is 35.9. The Morgan fingerprint density at radius 1 is 0.480 bits per heavy atom. The van der Waals surface area contributed by atoms with Crippen molar-refractivity contribution in [2.75, 3.05) is 0 Å². The largest absolute Gasteiger partial charge is 0.418 e. The van der Waals surface area contributed by atoms with Crippen molar-refractivity contribution in [2.24, 2.45) is 0 Å². The van der Waals surface area contributed by atoms with E-state index in [4.69, 9.17) is 0 Å². The Labute approximate surface area is 274 Å². The topological polar surface area (TPSA) is 81.2 Å². The van der Waals surface area contributed by atoms with E-state index in [9.17, 15) is 55.3 Å². The second-order valence-electron chi connectivity index (χ2n) is 11.2. The fourth-order valence-electron chi connectivity index (χ4n) is 6.56. The highest BCUT2D eigenvalue weighted by Crippen LogP contribution is 2.49. The standard InChI is InChI=1S/C36H14F9N5/c37-34(38,39)21-13-25(35(40,41)42)33(26(14-21)36(43,44)45)49-28-8-4-2-6-24(28)30-29(49)10-9-23-22-5-1-3-7-27(22)50(32(23)30)31-19(16-47)11-18(15-46)12-20(31)17-48/h1-14H. The SMILES string of the molecule is N#Cc1cc(C#N)c(-n2c3ccccc3c3ccc4c(c5ccccc5n4-c4c(C(F)(F)F)cc(C(F)(F)F)cc4C(F)(F)F)c32)c(C#N)c1. The number of nitrogens with zero attached hydrogens (tertiary/aromatic N) is 5. The van der Waals surface area contributed by atoms with Gasteiger partial charge in [-0.1, -0.05) is 42.5 Å². The molecule has 5 aromatic carbocycles. The summed E-state index contributed by atoms with van der Waals surface area (Å²) < 4.78 is 131. The molecule has 14 heteroatoms. The van der Waals surface area contributed by atoms with E-state index >= 15 is 0 Å². The van der Waals surface area contributed by atoms with Crippen molar-refractivity contribution in [1.82, 2.24) is 9.13 Å². The Kier molecular flexibility index (Phi) is 6.92. The first-order valence-corrected chi connectivity index (χ1v) is 14.3. The summed E-state index contributed by atoms with van der Waals surface area (Å²) in [4.78, 5) is 0. The summed E-state index contributed by atoms with van der Waals surface area (Å²) in [5.74, 6) is 0. The van der Waals surface area contributed by atoms with Crippen molar-refractivity contribution < 1.29 is 39.5 Å². The van der Waals surface area contributed by atoms with Gasteiger partial charge in [0.2, 0.25) is 0 Å². The lowest BCUT2D eigenvalue weighted by molar-refractivity contribution is -0.148. The van der Waals surface area contributed by atoms with Crippen LogP contribution in [0.2, 0.25) is 0 Å². The van der Waals surface area contributed by atoms with Gasteiger partial charge in [0, 0.05) is 21.5 Å². The average Bonchev–Trinajstić information content (AvgIpc) is 3.58. The Bertz CT molecular complexity index is 2640. The van der Waals surface area contributed by atoms with Crippen LogP contribution in [0.5, 0.6) is 0 Å². The summed E-state index contributed by atoms with van der Waals surface area (Å²) in [6, 6.07) is 22.6. The molecular formula is C36H14F9N5. The number of benzene rings is 5. The van der Waals surface area contributed by atoms with Gasteiger partial charge in [0.05, 0.1) is 72.9 Å². The van der Waals surface area contributed by atoms with Crippen LogP contribution in [-0.2, 0) is 18.5 Å². The van der Waals surface area contributed by atoms with Crippen molar-refractivity contribution in [3.63, 3.8) is 0 Å². The molecule has 0 saturated heterocycles. The third kappa shape index (κ3) is 4.70. The number of para-hydroxylation sites is 2. The lowest BCUT2D eigenvalue weighted by Crippen LogP contribution is -2.20. The molecule has 7 aromatic rings. The highest BCUT2D eigenvalue weighted by atomic mass is 19.4. The van der Waals surface area contributed by atoms with Gasteiger partial charge in [-0.15, -0.1) is 0 Å². The van der Waals surface area contributed by atoms with E-state index in [0.29, 0.717) is 20.9 Å². The van der Waals surface area contributed by atoms with Gasteiger partial charge in [0.1, 0.15) is 12.1 Å². The molecule has 0 amide bonds. The molecule has 5 nitrogen and oxygen atoms in total. The van der Waals surface area contributed by atoms with Crippen LogP contribution in [0.1, 0.15) is 33.4 Å². The van der Waals surface area contributed by atoms with E-state index in [-0.39, 0.29) is 61.8 Å². The molecule has 0 aliphatic heterocycles. The van der Waals surface area contributed by atoms with Crippen LogP contribution in [0.3, 0.4) is 0 Å². The smallest absolute Gasteiger partial charge is 0.308 e. The number of halogens is 9. The number of hydrogen-bond acceptors (Lipinski definition) is 3. The predicted octanol–water partition coefficient (Wildman–Crippen LogP) is 10.6. The lowest BCUT2D eigenvalue weighted by atomic mass is 10.00. The number of alkyl halides is 9. The van der Waals surface area contributed by atoms with Crippen LogP contribution in [-0.4, -0.2) is 9.13 Å². The van der Waals surface area contributed by atoms with Crippen LogP contribution in [0.25, 0.3) is 55.0 Å². The van der Waals surface area contributed by atoms with E-state index < -0.39 is 40.9 Å². The molecule has 7 rings (SSSR count). The Morgan fingerprint density at radius 3 is 1.50 bits per heavy atom. The molecule has 0 aliphatic rings. The minimum absolute atomic E-state index is 0.00558. The minimum Gasteiger partial charge on any atom is -0.308 e.